The van der Waals surface area contributed by atoms with Gasteiger partial charge in [0, 0.05) is 16.4 Å². The number of nitrogens with zero attached hydrogens (tertiary/aromatic N) is 1. The fourth-order valence-corrected chi connectivity index (χ4v) is 3.24. The highest BCUT2D eigenvalue weighted by atomic mass is 79.9. The Hall–Kier alpha value is -1.29. The van der Waals surface area contributed by atoms with Crippen LogP contribution >= 0.6 is 15.9 Å². The summed E-state index contributed by atoms with van der Waals surface area (Å²) in [6.45, 7) is 3.27. The van der Waals surface area contributed by atoms with E-state index in [-0.39, 0.29) is 0 Å². The molecule has 3 nitrogen and oxygen atoms in total. The van der Waals surface area contributed by atoms with E-state index in [1.165, 1.54) is 25.7 Å². The van der Waals surface area contributed by atoms with Crippen molar-refractivity contribution >= 4 is 38.2 Å². The molecule has 0 saturated heterocycles. The molecular formula is C16H20BrN3. The molecule has 0 unspecified atom stereocenters. The van der Waals surface area contributed by atoms with Gasteiger partial charge >= 0.3 is 0 Å². The average Bonchev–Trinajstić information content (AvgIpc) is 3.18. The molecule has 1 aliphatic carbocycles. The smallest absolute Gasteiger partial charge is 0.0743 e. The third-order valence-electron chi connectivity index (χ3n) is 4.24. The Morgan fingerprint density at radius 2 is 2.20 bits per heavy atom. The number of pyridine rings is 1. The second-order valence-corrected chi connectivity index (χ2v) is 6.77. The molecule has 3 rings (SSSR count). The maximum atomic E-state index is 6.12. The average molecular weight is 334 g/mol. The molecule has 3 N–H and O–H groups in total. The highest BCUT2D eigenvalue weighted by molar-refractivity contribution is 9.10. The molecule has 1 aliphatic rings. The monoisotopic (exact) mass is 333 g/mol. The first-order chi connectivity index (χ1) is 9.63. The normalized spacial score (nSPS) is 16.3. The molecule has 2 aromatic rings. The molecule has 0 spiro atoms. The fourth-order valence-electron chi connectivity index (χ4n) is 2.88. The third kappa shape index (κ3) is 2.62. The summed E-state index contributed by atoms with van der Waals surface area (Å²) in [5.74, 6) is 0. The summed E-state index contributed by atoms with van der Waals surface area (Å²) in [7, 11) is 0. The lowest BCUT2D eigenvalue weighted by Gasteiger charge is -2.18. The minimum atomic E-state index is 0.503. The molecular weight excluding hydrogens is 314 g/mol. The zero-order valence-corrected chi connectivity index (χ0v) is 13.3. The number of rotatable bonds is 5. The van der Waals surface area contributed by atoms with Crippen molar-refractivity contribution in [2.24, 2.45) is 5.41 Å². The van der Waals surface area contributed by atoms with Crippen LogP contribution in [-0.4, -0.2) is 11.5 Å². The van der Waals surface area contributed by atoms with E-state index in [4.69, 9.17) is 5.73 Å². The van der Waals surface area contributed by atoms with E-state index in [0.717, 1.165) is 33.3 Å². The van der Waals surface area contributed by atoms with Crippen LogP contribution < -0.4 is 11.1 Å². The number of anilines is 2. The Kier molecular flexibility index (Phi) is 3.59. The van der Waals surface area contributed by atoms with Gasteiger partial charge in [-0.3, -0.25) is 4.98 Å². The summed E-state index contributed by atoms with van der Waals surface area (Å²) >= 11 is 3.52. The van der Waals surface area contributed by atoms with E-state index >= 15 is 0 Å². The molecule has 1 aromatic heterocycles. The number of nitrogens with two attached hydrogens (primary N) is 1. The van der Waals surface area contributed by atoms with Crippen LogP contribution in [0.2, 0.25) is 0 Å². The summed E-state index contributed by atoms with van der Waals surface area (Å²) in [4.78, 5) is 4.39. The van der Waals surface area contributed by atoms with Crippen LogP contribution in [0.15, 0.2) is 28.9 Å². The Balaban J connectivity index is 1.90. The van der Waals surface area contributed by atoms with E-state index in [9.17, 15) is 0 Å². The Morgan fingerprint density at radius 3 is 2.90 bits per heavy atom. The molecule has 1 aromatic carbocycles. The van der Waals surface area contributed by atoms with Crippen LogP contribution in [0.4, 0.5) is 11.4 Å². The largest absolute Gasteiger partial charge is 0.396 e. The first-order valence-corrected chi connectivity index (χ1v) is 8.00. The molecule has 20 heavy (non-hydrogen) atoms. The minimum Gasteiger partial charge on any atom is -0.396 e. The lowest BCUT2D eigenvalue weighted by Crippen LogP contribution is -2.16. The van der Waals surface area contributed by atoms with Crippen molar-refractivity contribution in [1.29, 1.82) is 0 Å². The standard InChI is InChI=1S/C16H20BrN3/c1-2-5-16(6-7-16)10-20-15-12-8-11(17)3-4-14(12)19-9-13(15)18/h3-4,8-9H,2,5-7,10,18H2,1H3,(H,19,20). The molecule has 4 heteroatoms. The van der Waals surface area contributed by atoms with Gasteiger partial charge < -0.3 is 11.1 Å². The molecule has 0 aliphatic heterocycles. The number of hydrogen-bond donors (Lipinski definition) is 2. The summed E-state index contributed by atoms with van der Waals surface area (Å²) in [5, 5.41) is 4.67. The lowest BCUT2D eigenvalue weighted by molar-refractivity contribution is 0.486. The van der Waals surface area contributed by atoms with Gasteiger partial charge in [-0.15, -0.1) is 0 Å². The number of nitrogen functional groups attached to an aromatic ring is 1. The third-order valence-corrected chi connectivity index (χ3v) is 4.73. The SMILES string of the molecule is CCCC1(CNc2c(N)cnc3ccc(Br)cc23)CC1. The van der Waals surface area contributed by atoms with Crippen molar-refractivity contribution < 1.29 is 0 Å². The van der Waals surface area contributed by atoms with Crippen molar-refractivity contribution in [1.82, 2.24) is 4.98 Å². The van der Waals surface area contributed by atoms with Gasteiger partial charge in [-0.1, -0.05) is 29.3 Å². The highest BCUT2D eigenvalue weighted by Gasteiger charge is 2.41. The van der Waals surface area contributed by atoms with Gasteiger partial charge in [-0.25, -0.2) is 0 Å². The van der Waals surface area contributed by atoms with Crippen LogP contribution in [0.3, 0.4) is 0 Å². The zero-order chi connectivity index (χ0) is 14.2. The predicted octanol–water partition coefficient (Wildman–Crippen LogP) is 4.57. The Morgan fingerprint density at radius 1 is 1.40 bits per heavy atom. The number of fused-ring (bicyclic) bond motifs is 1. The molecule has 106 valence electrons. The van der Waals surface area contributed by atoms with Crippen LogP contribution in [0.1, 0.15) is 32.6 Å². The van der Waals surface area contributed by atoms with Crippen molar-refractivity contribution in [3.8, 4) is 0 Å². The molecule has 1 saturated carbocycles. The van der Waals surface area contributed by atoms with E-state index < -0.39 is 0 Å². The highest BCUT2D eigenvalue weighted by Crippen LogP contribution is 2.49. The van der Waals surface area contributed by atoms with Crippen molar-refractivity contribution in [2.75, 3.05) is 17.6 Å². The van der Waals surface area contributed by atoms with Crippen molar-refractivity contribution in [2.45, 2.75) is 32.6 Å². The number of nitrogens with one attached hydrogen (secondary N) is 1. The molecule has 0 bridgehead atoms. The van der Waals surface area contributed by atoms with Gasteiger partial charge in [0.15, 0.2) is 0 Å². The molecule has 1 fully saturated rings. The molecule has 0 radical (unpaired) electrons. The predicted molar refractivity (Wildman–Crippen MR) is 88.9 cm³/mol. The molecule has 0 atom stereocenters. The van der Waals surface area contributed by atoms with Crippen LogP contribution in [0.25, 0.3) is 10.9 Å². The first-order valence-electron chi connectivity index (χ1n) is 7.21. The van der Waals surface area contributed by atoms with Crippen LogP contribution in [0, 0.1) is 5.41 Å². The van der Waals surface area contributed by atoms with Crippen LogP contribution in [-0.2, 0) is 0 Å². The molecule has 0 amide bonds. The lowest BCUT2D eigenvalue weighted by atomic mass is 10.0. The van der Waals surface area contributed by atoms with Gasteiger partial charge in [0.25, 0.3) is 0 Å². The summed E-state index contributed by atoms with van der Waals surface area (Å²) in [6, 6.07) is 6.11. The van der Waals surface area contributed by atoms with Gasteiger partial charge in [0.05, 0.1) is 23.1 Å². The number of hydrogen-bond acceptors (Lipinski definition) is 3. The summed E-state index contributed by atoms with van der Waals surface area (Å²) in [6.07, 6.45) is 6.96. The van der Waals surface area contributed by atoms with Gasteiger partial charge in [-0.05, 0) is 42.9 Å². The second-order valence-electron chi connectivity index (χ2n) is 5.85. The summed E-state index contributed by atoms with van der Waals surface area (Å²) in [5.41, 5.74) is 9.35. The van der Waals surface area contributed by atoms with E-state index in [1.54, 1.807) is 6.20 Å². The van der Waals surface area contributed by atoms with Crippen molar-refractivity contribution in [3.63, 3.8) is 0 Å². The maximum Gasteiger partial charge on any atom is 0.0743 e. The molecule has 1 heterocycles. The van der Waals surface area contributed by atoms with Gasteiger partial charge in [-0.2, -0.15) is 0 Å². The van der Waals surface area contributed by atoms with Crippen LogP contribution in [0.5, 0.6) is 0 Å². The maximum absolute atomic E-state index is 6.12. The quantitative estimate of drug-likeness (QED) is 0.842. The van der Waals surface area contributed by atoms with E-state index in [1.807, 2.05) is 12.1 Å². The zero-order valence-electron chi connectivity index (χ0n) is 11.7. The Labute approximate surface area is 128 Å². The van der Waals surface area contributed by atoms with Gasteiger partial charge in [0.1, 0.15) is 0 Å². The van der Waals surface area contributed by atoms with Crippen molar-refractivity contribution in [3.05, 3.63) is 28.9 Å². The first kappa shape index (κ1) is 13.7. The number of halogens is 1. The minimum absolute atomic E-state index is 0.503. The van der Waals surface area contributed by atoms with Gasteiger partial charge in [0.2, 0.25) is 0 Å². The Bertz CT molecular complexity index is 630. The summed E-state index contributed by atoms with van der Waals surface area (Å²) < 4.78 is 1.05. The second kappa shape index (κ2) is 5.24. The fraction of sp³-hybridized carbons (Fsp3) is 0.438. The van der Waals surface area contributed by atoms with E-state index in [0.29, 0.717) is 5.41 Å². The van der Waals surface area contributed by atoms with E-state index in [2.05, 4.69) is 39.2 Å². The number of aromatic nitrogens is 1. The number of benzene rings is 1. The topological polar surface area (TPSA) is 50.9 Å².